The lowest BCUT2D eigenvalue weighted by molar-refractivity contribution is -0.122. The van der Waals surface area contributed by atoms with Crippen LogP contribution in [0.4, 0.5) is 4.79 Å². The summed E-state index contributed by atoms with van der Waals surface area (Å²) in [7, 11) is 0. The van der Waals surface area contributed by atoms with Gasteiger partial charge in [-0.1, -0.05) is 47.6 Å². The van der Waals surface area contributed by atoms with Crippen molar-refractivity contribution in [1.29, 1.82) is 0 Å². The molecule has 3 amide bonds. The molecule has 7 nitrogen and oxygen atoms in total. The third kappa shape index (κ3) is 5.26. The summed E-state index contributed by atoms with van der Waals surface area (Å²) < 4.78 is 5.46. The van der Waals surface area contributed by atoms with Gasteiger partial charge >= 0.3 is 6.03 Å². The first-order valence-electron chi connectivity index (χ1n) is 13.1. The maximum absolute atomic E-state index is 13.0. The van der Waals surface area contributed by atoms with E-state index >= 15 is 0 Å². The van der Waals surface area contributed by atoms with E-state index in [2.05, 4.69) is 40.1 Å². The van der Waals surface area contributed by atoms with E-state index < -0.39 is 0 Å². The number of rotatable bonds is 5. The molecule has 2 N–H and O–H groups in total. The number of nitrogens with one attached hydrogen (secondary N) is 2. The largest absolute Gasteiger partial charge is 0.361 e. The number of urea groups is 1. The Labute approximate surface area is 218 Å². The van der Waals surface area contributed by atoms with Crippen LogP contribution in [-0.2, 0) is 24.3 Å². The van der Waals surface area contributed by atoms with Gasteiger partial charge in [0, 0.05) is 36.7 Å². The Morgan fingerprint density at radius 2 is 1.84 bits per heavy atom. The normalized spacial score (nSPS) is 18.8. The molecule has 5 rings (SSSR count). The van der Waals surface area contributed by atoms with Crippen LogP contribution in [0.3, 0.4) is 0 Å². The number of hydrogen-bond acceptors (Lipinski definition) is 4. The van der Waals surface area contributed by atoms with Crippen molar-refractivity contribution in [2.24, 2.45) is 5.92 Å². The Morgan fingerprint density at radius 1 is 1.08 bits per heavy atom. The summed E-state index contributed by atoms with van der Waals surface area (Å²) >= 11 is 0. The molecule has 1 fully saturated rings. The highest BCUT2D eigenvalue weighted by Crippen LogP contribution is 2.47. The van der Waals surface area contributed by atoms with Crippen molar-refractivity contribution in [2.45, 2.75) is 72.0 Å². The fourth-order valence-electron chi connectivity index (χ4n) is 5.45. The van der Waals surface area contributed by atoms with Gasteiger partial charge < -0.3 is 20.1 Å². The van der Waals surface area contributed by atoms with Crippen molar-refractivity contribution >= 4 is 11.9 Å². The van der Waals surface area contributed by atoms with Crippen molar-refractivity contribution in [2.75, 3.05) is 6.54 Å². The number of aryl methyl sites for hydroxylation is 2. The molecular weight excluding hydrogens is 464 g/mol. The van der Waals surface area contributed by atoms with Gasteiger partial charge in [-0.05, 0) is 81.2 Å². The zero-order valence-electron chi connectivity index (χ0n) is 22.4. The number of fused-ring (bicyclic) bond motifs is 1. The molecular formula is C30H36N4O3. The summed E-state index contributed by atoms with van der Waals surface area (Å²) in [5, 5.41) is 10.4. The van der Waals surface area contributed by atoms with Gasteiger partial charge in [0.2, 0.25) is 5.91 Å². The molecule has 2 atom stereocenters. The molecule has 1 aliphatic carbocycles. The summed E-state index contributed by atoms with van der Waals surface area (Å²) in [6, 6.07) is 14.4. The Morgan fingerprint density at radius 3 is 2.51 bits per heavy atom. The molecule has 7 heteroatoms. The number of benzene rings is 2. The molecule has 0 unspecified atom stereocenters. The Balaban J connectivity index is 1.39. The first kappa shape index (κ1) is 25.1. The monoisotopic (exact) mass is 500 g/mol. The van der Waals surface area contributed by atoms with E-state index in [0.29, 0.717) is 25.6 Å². The van der Waals surface area contributed by atoms with E-state index in [4.69, 9.17) is 4.52 Å². The van der Waals surface area contributed by atoms with E-state index in [9.17, 15) is 9.59 Å². The van der Waals surface area contributed by atoms with Crippen molar-refractivity contribution < 1.29 is 14.1 Å². The van der Waals surface area contributed by atoms with Gasteiger partial charge in [0.25, 0.3) is 0 Å². The highest BCUT2D eigenvalue weighted by molar-refractivity contribution is 5.83. The minimum absolute atomic E-state index is 0.0221. The van der Waals surface area contributed by atoms with Crippen molar-refractivity contribution in [3.8, 4) is 11.1 Å². The lowest BCUT2D eigenvalue weighted by atomic mass is 9.87. The highest BCUT2D eigenvalue weighted by Gasteiger charge is 2.43. The highest BCUT2D eigenvalue weighted by atomic mass is 16.5. The van der Waals surface area contributed by atoms with Crippen molar-refractivity contribution in [1.82, 2.24) is 20.7 Å². The van der Waals surface area contributed by atoms with Crippen molar-refractivity contribution in [3.63, 3.8) is 0 Å². The summed E-state index contributed by atoms with van der Waals surface area (Å²) in [5.74, 6) is 1.20. The lowest BCUT2D eigenvalue weighted by Gasteiger charge is -2.34. The zero-order valence-corrected chi connectivity index (χ0v) is 22.4. The molecule has 2 heterocycles. The topological polar surface area (TPSA) is 87.5 Å². The summed E-state index contributed by atoms with van der Waals surface area (Å²) in [5.41, 5.74) is 7.24. The van der Waals surface area contributed by atoms with E-state index in [1.165, 1.54) is 11.1 Å². The second kappa shape index (κ2) is 9.69. The van der Waals surface area contributed by atoms with Gasteiger partial charge in [0.1, 0.15) is 5.76 Å². The van der Waals surface area contributed by atoms with E-state index in [-0.39, 0.29) is 23.4 Å². The van der Waals surface area contributed by atoms with Crippen LogP contribution in [0.2, 0.25) is 0 Å². The molecule has 2 aromatic carbocycles. The average Bonchev–Trinajstić information content (AvgIpc) is 3.60. The predicted molar refractivity (Wildman–Crippen MR) is 143 cm³/mol. The van der Waals surface area contributed by atoms with Crippen LogP contribution in [0.15, 0.2) is 47.0 Å². The molecule has 1 aromatic heterocycles. The first-order chi connectivity index (χ1) is 17.6. The van der Waals surface area contributed by atoms with Crippen LogP contribution >= 0.6 is 0 Å². The fourth-order valence-corrected chi connectivity index (χ4v) is 5.45. The first-order valence-corrected chi connectivity index (χ1v) is 13.1. The minimum atomic E-state index is -0.313. The smallest absolute Gasteiger partial charge is 0.318 e. The van der Waals surface area contributed by atoms with E-state index in [1.54, 1.807) is 0 Å². The summed E-state index contributed by atoms with van der Waals surface area (Å²) in [6.07, 6.45) is 1.62. The van der Waals surface area contributed by atoms with Crippen LogP contribution in [-0.4, -0.2) is 34.1 Å². The molecule has 2 aliphatic rings. The quantitative estimate of drug-likeness (QED) is 0.501. The van der Waals surface area contributed by atoms with Gasteiger partial charge in [0.15, 0.2) is 0 Å². The second-order valence-corrected chi connectivity index (χ2v) is 11.4. The number of carbonyl (C=O) groups excluding carboxylic acids is 2. The molecule has 37 heavy (non-hydrogen) atoms. The van der Waals surface area contributed by atoms with E-state index in [1.807, 2.05) is 57.7 Å². The number of hydrogen-bond donors (Lipinski definition) is 2. The van der Waals surface area contributed by atoms with Gasteiger partial charge in [-0.3, -0.25) is 4.79 Å². The lowest BCUT2D eigenvalue weighted by Crippen LogP contribution is -2.50. The number of amides is 3. The van der Waals surface area contributed by atoms with Gasteiger partial charge in [0.05, 0.1) is 5.69 Å². The average molecular weight is 501 g/mol. The molecule has 3 aromatic rings. The zero-order chi connectivity index (χ0) is 26.3. The maximum Gasteiger partial charge on any atom is 0.318 e. The molecule has 0 bridgehead atoms. The van der Waals surface area contributed by atoms with Gasteiger partial charge in [-0.15, -0.1) is 0 Å². The van der Waals surface area contributed by atoms with Crippen LogP contribution in [0.25, 0.3) is 11.1 Å². The molecule has 1 saturated carbocycles. The maximum atomic E-state index is 13.0. The van der Waals surface area contributed by atoms with Crippen LogP contribution in [0, 0.1) is 19.8 Å². The number of aromatic nitrogens is 1. The van der Waals surface area contributed by atoms with Crippen LogP contribution < -0.4 is 10.6 Å². The Hall–Kier alpha value is -3.61. The molecule has 1 aliphatic heterocycles. The minimum Gasteiger partial charge on any atom is -0.361 e. The molecule has 0 saturated heterocycles. The summed E-state index contributed by atoms with van der Waals surface area (Å²) in [6.45, 7) is 11.4. The van der Waals surface area contributed by atoms with Crippen LogP contribution in [0.5, 0.6) is 0 Å². The Kier molecular flexibility index (Phi) is 6.56. The van der Waals surface area contributed by atoms with Gasteiger partial charge in [-0.2, -0.15) is 0 Å². The fraction of sp³-hybridized carbons (Fsp3) is 0.433. The SMILES string of the molecule is Cc1noc(C)c1-c1ccc(CNC(=O)[C@@H]2C[C@H]2c2ccccc2)c2c1CCN(C(=O)NC(C)(C)C)C2. The van der Waals surface area contributed by atoms with Crippen molar-refractivity contribution in [3.05, 3.63) is 76.2 Å². The standard InChI is InChI=1S/C30H36N4O3/c1-18-27(19(2)37-33-18)23-12-11-21(16-31-28(35)25-15-24(25)20-9-7-6-8-10-20)26-17-34(14-13-22(23)26)29(36)32-30(3,4)5/h6-12,24-25H,13-17H2,1-5H3,(H,31,35)(H,32,36)/t24-,25+/m0/s1. The number of nitrogens with zero attached hydrogens (tertiary/aromatic N) is 2. The number of carbonyl (C=O) groups is 2. The molecule has 0 spiro atoms. The second-order valence-electron chi connectivity index (χ2n) is 11.4. The molecule has 0 radical (unpaired) electrons. The van der Waals surface area contributed by atoms with E-state index in [0.717, 1.165) is 46.5 Å². The molecule has 194 valence electrons. The predicted octanol–water partition coefficient (Wildman–Crippen LogP) is 5.24. The van der Waals surface area contributed by atoms with Crippen LogP contribution in [0.1, 0.15) is 66.8 Å². The Bertz CT molecular complexity index is 1300. The summed E-state index contributed by atoms with van der Waals surface area (Å²) in [4.78, 5) is 27.9. The van der Waals surface area contributed by atoms with Gasteiger partial charge in [-0.25, -0.2) is 4.79 Å². The third-order valence-corrected chi connectivity index (χ3v) is 7.39. The third-order valence-electron chi connectivity index (χ3n) is 7.39.